The van der Waals surface area contributed by atoms with E-state index in [0.717, 1.165) is 29.2 Å². The first-order chi connectivity index (χ1) is 8.22. The maximum atomic E-state index is 8.68. The summed E-state index contributed by atoms with van der Waals surface area (Å²) in [5.41, 5.74) is 4.39. The van der Waals surface area contributed by atoms with Crippen LogP contribution in [-0.2, 0) is 6.42 Å². The Labute approximate surface area is 101 Å². The minimum absolute atomic E-state index is 0.541. The number of rotatable bonds is 3. The van der Waals surface area contributed by atoms with Crippen molar-refractivity contribution in [3.05, 3.63) is 41.3 Å². The molecule has 1 aromatic heterocycles. The molecule has 1 N–H and O–H groups in total. The van der Waals surface area contributed by atoms with Crippen molar-refractivity contribution in [2.45, 2.75) is 26.7 Å². The Balaban J connectivity index is 2.45. The first kappa shape index (κ1) is 11.4. The summed E-state index contributed by atoms with van der Waals surface area (Å²) in [7, 11) is 0. The highest BCUT2D eigenvalue weighted by Crippen LogP contribution is 2.25. The maximum absolute atomic E-state index is 8.68. The van der Waals surface area contributed by atoms with Crippen LogP contribution in [0.2, 0.25) is 0 Å². The molecule has 0 fully saturated rings. The molecule has 1 heterocycles. The summed E-state index contributed by atoms with van der Waals surface area (Å²) in [4.78, 5) is 7.72. The van der Waals surface area contributed by atoms with Crippen molar-refractivity contribution in [3.8, 4) is 17.3 Å². The van der Waals surface area contributed by atoms with Crippen LogP contribution in [-0.4, -0.2) is 9.97 Å². The molecule has 0 spiro atoms. The molecule has 0 atom stereocenters. The van der Waals surface area contributed by atoms with E-state index in [1.54, 1.807) is 0 Å². The zero-order chi connectivity index (χ0) is 12.3. The molecule has 0 bridgehead atoms. The van der Waals surface area contributed by atoms with Crippen molar-refractivity contribution in [2.75, 3.05) is 0 Å². The molecule has 0 unspecified atom stereocenters. The molecule has 17 heavy (non-hydrogen) atoms. The van der Waals surface area contributed by atoms with E-state index >= 15 is 0 Å². The number of nitrogens with zero attached hydrogens (tertiary/aromatic N) is 2. The molecule has 2 aromatic rings. The molecule has 2 rings (SSSR count). The van der Waals surface area contributed by atoms with Gasteiger partial charge in [-0.05, 0) is 25.8 Å². The van der Waals surface area contributed by atoms with Gasteiger partial charge < -0.3 is 4.98 Å². The predicted molar refractivity (Wildman–Crippen MR) is 67.4 cm³/mol. The van der Waals surface area contributed by atoms with Gasteiger partial charge in [0.2, 0.25) is 0 Å². The van der Waals surface area contributed by atoms with Gasteiger partial charge in [0, 0.05) is 17.7 Å². The van der Waals surface area contributed by atoms with Crippen LogP contribution in [0.4, 0.5) is 0 Å². The van der Waals surface area contributed by atoms with Crippen LogP contribution in [0.3, 0.4) is 0 Å². The fraction of sp³-hybridized carbons (Fsp3) is 0.286. The average molecular weight is 225 g/mol. The van der Waals surface area contributed by atoms with Crippen molar-refractivity contribution < 1.29 is 0 Å². The number of aromatic nitrogens is 2. The molecule has 0 radical (unpaired) electrons. The molecule has 1 aromatic carbocycles. The Morgan fingerprint density at radius 3 is 2.71 bits per heavy atom. The topological polar surface area (TPSA) is 52.5 Å². The van der Waals surface area contributed by atoms with Crippen molar-refractivity contribution in [3.63, 3.8) is 0 Å². The summed E-state index contributed by atoms with van der Waals surface area (Å²) >= 11 is 0. The van der Waals surface area contributed by atoms with Gasteiger partial charge in [0.15, 0.2) is 0 Å². The number of nitriles is 1. The second-order valence-electron chi connectivity index (χ2n) is 4.11. The number of aromatic amines is 1. The van der Waals surface area contributed by atoms with Gasteiger partial charge in [0.05, 0.1) is 11.8 Å². The summed E-state index contributed by atoms with van der Waals surface area (Å²) in [6, 6.07) is 10.3. The Morgan fingerprint density at radius 1 is 1.29 bits per heavy atom. The van der Waals surface area contributed by atoms with Gasteiger partial charge in [0.1, 0.15) is 5.82 Å². The number of hydrogen-bond donors (Lipinski definition) is 1. The van der Waals surface area contributed by atoms with Crippen LogP contribution < -0.4 is 0 Å². The third-order valence-electron chi connectivity index (χ3n) is 2.78. The van der Waals surface area contributed by atoms with E-state index in [4.69, 9.17) is 5.26 Å². The Bertz CT molecular complexity index is 561. The molecule has 0 saturated carbocycles. The summed E-state index contributed by atoms with van der Waals surface area (Å²) in [5.74, 6) is 0.924. The molecule has 0 aliphatic heterocycles. The van der Waals surface area contributed by atoms with Gasteiger partial charge >= 0.3 is 0 Å². The fourth-order valence-corrected chi connectivity index (χ4v) is 2.03. The summed E-state index contributed by atoms with van der Waals surface area (Å²) < 4.78 is 0. The van der Waals surface area contributed by atoms with E-state index < -0.39 is 0 Å². The third kappa shape index (κ3) is 2.36. The lowest BCUT2D eigenvalue weighted by Crippen LogP contribution is -1.91. The molecule has 0 amide bonds. The second-order valence-corrected chi connectivity index (χ2v) is 4.11. The Morgan fingerprint density at radius 2 is 2.06 bits per heavy atom. The van der Waals surface area contributed by atoms with E-state index in [1.165, 1.54) is 5.56 Å². The van der Waals surface area contributed by atoms with E-state index in [1.807, 2.05) is 26.0 Å². The van der Waals surface area contributed by atoms with Gasteiger partial charge in [-0.1, -0.05) is 24.3 Å². The minimum Gasteiger partial charge on any atom is -0.346 e. The summed E-state index contributed by atoms with van der Waals surface area (Å²) in [6.45, 7) is 3.98. The van der Waals surface area contributed by atoms with Crippen LogP contribution in [0.5, 0.6) is 0 Å². The molecular weight excluding hydrogens is 210 g/mol. The van der Waals surface area contributed by atoms with Crippen molar-refractivity contribution in [1.29, 1.82) is 5.26 Å². The standard InChI is InChI=1S/C14H15N3/c1-10-14(17-11(2)16-10)13-8-4-3-6-12(13)7-5-9-15/h3-4,6,8H,5,7H2,1-2H3,(H,16,17). The number of hydrogen-bond acceptors (Lipinski definition) is 2. The Hall–Kier alpha value is -2.08. The molecule has 0 aliphatic rings. The molecule has 3 nitrogen and oxygen atoms in total. The first-order valence-electron chi connectivity index (χ1n) is 5.71. The van der Waals surface area contributed by atoms with Crippen molar-refractivity contribution in [2.24, 2.45) is 0 Å². The van der Waals surface area contributed by atoms with Gasteiger partial charge in [-0.2, -0.15) is 5.26 Å². The van der Waals surface area contributed by atoms with Gasteiger partial charge in [0.25, 0.3) is 0 Å². The molecule has 0 aliphatic carbocycles. The lowest BCUT2D eigenvalue weighted by molar-refractivity contribution is 1.01. The third-order valence-corrected chi connectivity index (χ3v) is 2.78. The van der Waals surface area contributed by atoms with E-state index in [-0.39, 0.29) is 0 Å². The van der Waals surface area contributed by atoms with E-state index in [0.29, 0.717) is 6.42 Å². The zero-order valence-electron chi connectivity index (χ0n) is 10.1. The first-order valence-corrected chi connectivity index (χ1v) is 5.71. The number of nitrogens with one attached hydrogen (secondary N) is 1. The highest BCUT2D eigenvalue weighted by atomic mass is 14.9. The fourth-order valence-electron chi connectivity index (χ4n) is 2.03. The highest BCUT2D eigenvalue weighted by molar-refractivity contribution is 5.66. The summed E-state index contributed by atoms with van der Waals surface area (Å²) in [6.07, 6.45) is 1.32. The van der Waals surface area contributed by atoms with Crippen LogP contribution in [0.25, 0.3) is 11.3 Å². The zero-order valence-corrected chi connectivity index (χ0v) is 10.1. The second kappa shape index (κ2) is 4.84. The number of imidazole rings is 1. The predicted octanol–water partition coefficient (Wildman–Crippen LogP) is 3.15. The van der Waals surface area contributed by atoms with Crippen LogP contribution in [0.15, 0.2) is 24.3 Å². The van der Waals surface area contributed by atoms with E-state index in [9.17, 15) is 0 Å². The van der Waals surface area contributed by atoms with E-state index in [2.05, 4.69) is 28.2 Å². The normalized spacial score (nSPS) is 10.2. The lowest BCUT2D eigenvalue weighted by Gasteiger charge is -2.06. The van der Waals surface area contributed by atoms with Gasteiger partial charge in [-0.25, -0.2) is 4.98 Å². The summed E-state index contributed by atoms with van der Waals surface area (Å²) in [5, 5.41) is 8.68. The highest BCUT2D eigenvalue weighted by Gasteiger charge is 2.10. The van der Waals surface area contributed by atoms with Gasteiger partial charge in [-0.15, -0.1) is 0 Å². The van der Waals surface area contributed by atoms with Gasteiger partial charge in [-0.3, -0.25) is 0 Å². The number of benzene rings is 1. The average Bonchev–Trinajstić information content (AvgIpc) is 2.66. The monoisotopic (exact) mass is 225 g/mol. The maximum Gasteiger partial charge on any atom is 0.103 e. The smallest absolute Gasteiger partial charge is 0.103 e. The lowest BCUT2D eigenvalue weighted by atomic mass is 10.00. The van der Waals surface area contributed by atoms with Crippen LogP contribution in [0.1, 0.15) is 23.5 Å². The Kier molecular flexibility index (Phi) is 3.24. The van der Waals surface area contributed by atoms with Crippen LogP contribution >= 0.6 is 0 Å². The number of aryl methyl sites for hydroxylation is 3. The van der Waals surface area contributed by atoms with Crippen LogP contribution in [0, 0.1) is 25.2 Å². The molecule has 86 valence electrons. The van der Waals surface area contributed by atoms with Crippen molar-refractivity contribution >= 4 is 0 Å². The number of H-pyrrole nitrogens is 1. The molecular formula is C14H15N3. The molecule has 3 heteroatoms. The quantitative estimate of drug-likeness (QED) is 0.872. The van der Waals surface area contributed by atoms with Crippen molar-refractivity contribution in [1.82, 2.24) is 9.97 Å². The minimum atomic E-state index is 0.541. The molecule has 0 saturated heterocycles. The SMILES string of the molecule is Cc1nc(-c2ccccc2CCC#N)c(C)[nH]1. The largest absolute Gasteiger partial charge is 0.346 e.